The first-order valence-electron chi connectivity index (χ1n) is 9.90. The first kappa shape index (κ1) is 24.2. The third-order valence-corrected chi connectivity index (χ3v) is 5.64. The van der Waals surface area contributed by atoms with Gasteiger partial charge in [-0.05, 0) is 41.5 Å². The van der Waals surface area contributed by atoms with Gasteiger partial charge in [0.2, 0.25) is 0 Å². The molecule has 0 aromatic heterocycles. The molecule has 0 saturated carbocycles. The Morgan fingerprint density at radius 2 is 1.75 bits per heavy atom. The van der Waals surface area contributed by atoms with Crippen molar-refractivity contribution in [2.75, 3.05) is 13.2 Å². The summed E-state index contributed by atoms with van der Waals surface area (Å²) in [5.74, 6) is 0. The smallest absolute Gasteiger partial charge is 0.388 e. The van der Waals surface area contributed by atoms with Crippen LogP contribution in [-0.4, -0.2) is 78.1 Å². The lowest BCUT2D eigenvalue weighted by Crippen LogP contribution is -2.37. The molecule has 2 aliphatic heterocycles. The molecule has 0 spiro atoms. The molecule has 8 atom stereocenters. The minimum Gasteiger partial charge on any atom is -0.388 e. The van der Waals surface area contributed by atoms with Gasteiger partial charge in [0.25, 0.3) is 0 Å². The predicted molar refractivity (Wildman–Crippen MR) is 101 cm³/mol. The molecule has 4 unspecified atom stereocenters. The molecule has 2 fully saturated rings. The van der Waals surface area contributed by atoms with E-state index < -0.39 is 38.3 Å². The average Bonchev–Trinajstić information content (AvgIpc) is 3.04. The van der Waals surface area contributed by atoms with Crippen LogP contribution in [0, 0.1) is 0 Å². The maximum Gasteiger partial charge on any atom is 0.472 e. The number of aliphatic hydroxyl groups is 1. The monoisotopic (exact) mass is 426 g/mol. The highest BCUT2D eigenvalue weighted by molar-refractivity contribution is 7.47. The van der Waals surface area contributed by atoms with Crippen molar-refractivity contribution in [3.05, 3.63) is 0 Å². The molecule has 2 rings (SSSR count). The van der Waals surface area contributed by atoms with Gasteiger partial charge in [-0.15, -0.1) is 0 Å². The molecule has 2 saturated heterocycles. The van der Waals surface area contributed by atoms with Crippen LogP contribution in [0.3, 0.4) is 0 Å². The summed E-state index contributed by atoms with van der Waals surface area (Å²) in [5.41, 5.74) is 0. The van der Waals surface area contributed by atoms with E-state index in [9.17, 15) is 14.6 Å². The van der Waals surface area contributed by atoms with Crippen molar-refractivity contribution in [1.29, 1.82) is 0 Å². The lowest BCUT2D eigenvalue weighted by atomic mass is 10.1. The first-order chi connectivity index (χ1) is 13.0. The molecule has 166 valence electrons. The Labute approximate surface area is 167 Å². The molecule has 28 heavy (non-hydrogen) atoms. The van der Waals surface area contributed by atoms with Gasteiger partial charge in [-0.2, -0.15) is 0 Å². The topological polar surface area (TPSA) is 113 Å². The summed E-state index contributed by atoms with van der Waals surface area (Å²) in [5, 5.41) is 10.3. The fourth-order valence-corrected chi connectivity index (χ4v) is 4.35. The van der Waals surface area contributed by atoms with Gasteiger partial charge >= 0.3 is 7.82 Å². The molecule has 0 aromatic rings. The van der Waals surface area contributed by atoms with E-state index >= 15 is 0 Å². The van der Waals surface area contributed by atoms with E-state index in [1.807, 2.05) is 34.6 Å². The third kappa shape index (κ3) is 7.00. The van der Waals surface area contributed by atoms with Crippen LogP contribution >= 0.6 is 7.82 Å². The van der Waals surface area contributed by atoms with Gasteiger partial charge in [0.05, 0.1) is 43.7 Å². The highest BCUT2D eigenvalue weighted by Crippen LogP contribution is 2.48. The number of aliphatic hydroxyl groups excluding tert-OH is 1. The van der Waals surface area contributed by atoms with Crippen molar-refractivity contribution in [3.63, 3.8) is 0 Å². The zero-order valence-electron chi connectivity index (χ0n) is 17.5. The Balaban J connectivity index is 1.93. The van der Waals surface area contributed by atoms with Crippen molar-refractivity contribution in [1.82, 2.24) is 0 Å². The standard InChI is InChI=1S/C18H35O9P/c1-10(2)22-8-16-18(17(19)13(6)26-16)27-28(20,21)23-9-15-14(24-11(3)4)7-12(5)25-15/h10-19H,7-9H2,1-6H3,(H,20,21)/t12-,13-,14?,15+,16+,17?,18?/m0/s1. The molecule has 0 aliphatic carbocycles. The van der Waals surface area contributed by atoms with Gasteiger partial charge < -0.3 is 28.9 Å². The molecule has 2 aliphatic rings. The normalized spacial score (nSPS) is 38.4. The number of hydrogen-bond acceptors (Lipinski definition) is 8. The summed E-state index contributed by atoms with van der Waals surface area (Å²) < 4.78 is 45.6. The summed E-state index contributed by atoms with van der Waals surface area (Å²) >= 11 is 0. The maximum atomic E-state index is 12.5. The Morgan fingerprint density at radius 3 is 2.36 bits per heavy atom. The van der Waals surface area contributed by atoms with E-state index in [0.717, 1.165) is 0 Å². The number of phosphoric ester groups is 1. The fourth-order valence-electron chi connectivity index (χ4n) is 3.38. The van der Waals surface area contributed by atoms with Gasteiger partial charge in [0.1, 0.15) is 24.4 Å². The van der Waals surface area contributed by atoms with Crippen molar-refractivity contribution in [2.24, 2.45) is 0 Å². The molecule has 0 radical (unpaired) electrons. The van der Waals surface area contributed by atoms with Crippen LogP contribution in [0.2, 0.25) is 0 Å². The van der Waals surface area contributed by atoms with Crippen LogP contribution in [-0.2, 0) is 32.6 Å². The first-order valence-corrected chi connectivity index (χ1v) is 11.4. The van der Waals surface area contributed by atoms with Crippen LogP contribution in [0.4, 0.5) is 0 Å². The van der Waals surface area contributed by atoms with Crippen LogP contribution in [0.1, 0.15) is 48.0 Å². The Bertz CT molecular complexity index is 529. The maximum absolute atomic E-state index is 12.5. The van der Waals surface area contributed by atoms with Crippen LogP contribution in [0.25, 0.3) is 0 Å². The van der Waals surface area contributed by atoms with Crippen LogP contribution < -0.4 is 0 Å². The van der Waals surface area contributed by atoms with E-state index in [-0.39, 0.29) is 37.6 Å². The van der Waals surface area contributed by atoms with Gasteiger partial charge in [0.15, 0.2) is 0 Å². The predicted octanol–water partition coefficient (Wildman–Crippen LogP) is 2.03. The summed E-state index contributed by atoms with van der Waals surface area (Å²) in [4.78, 5) is 10.2. The Kier molecular flexibility index (Phi) is 8.88. The molecule has 0 bridgehead atoms. The molecule has 9 nitrogen and oxygen atoms in total. The average molecular weight is 426 g/mol. The van der Waals surface area contributed by atoms with Crippen LogP contribution in [0.15, 0.2) is 0 Å². The minimum absolute atomic E-state index is 0.00701. The summed E-state index contributed by atoms with van der Waals surface area (Å²) in [6.07, 6.45) is -3.39. The van der Waals surface area contributed by atoms with Crippen LogP contribution in [0.5, 0.6) is 0 Å². The van der Waals surface area contributed by atoms with E-state index in [2.05, 4.69) is 0 Å². The van der Waals surface area contributed by atoms with Gasteiger partial charge in [-0.1, -0.05) is 0 Å². The summed E-state index contributed by atoms with van der Waals surface area (Å²) in [7, 11) is -4.45. The second kappa shape index (κ2) is 10.3. The SMILES string of the molecule is CC(C)OC[C@H]1O[C@@H](C)C(O)C1OP(=O)(O)OC[C@H]1O[C@@H](C)CC1OC(C)C. The second-order valence-electron chi connectivity index (χ2n) is 8.03. The van der Waals surface area contributed by atoms with E-state index in [4.69, 9.17) is 28.0 Å². The molecule has 0 amide bonds. The lowest BCUT2D eigenvalue weighted by Gasteiger charge is -2.25. The van der Waals surface area contributed by atoms with Crippen molar-refractivity contribution >= 4 is 7.82 Å². The van der Waals surface area contributed by atoms with Crippen molar-refractivity contribution < 1.29 is 42.6 Å². The summed E-state index contributed by atoms with van der Waals surface area (Å²) in [6.45, 7) is 11.1. The van der Waals surface area contributed by atoms with E-state index in [1.54, 1.807) is 6.92 Å². The van der Waals surface area contributed by atoms with Gasteiger partial charge in [0, 0.05) is 6.42 Å². The highest BCUT2D eigenvalue weighted by atomic mass is 31.2. The quantitative estimate of drug-likeness (QED) is 0.507. The number of hydrogen-bond donors (Lipinski definition) is 2. The minimum atomic E-state index is -4.45. The fraction of sp³-hybridized carbons (Fsp3) is 1.00. The van der Waals surface area contributed by atoms with E-state index in [0.29, 0.717) is 6.42 Å². The second-order valence-corrected chi connectivity index (χ2v) is 9.44. The third-order valence-electron chi connectivity index (χ3n) is 4.66. The molecular formula is C18H35O9P. The molecule has 0 aromatic carbocycles. The van der Waals surface area contributed by atoms with E-state index in [1.165, 1.54) is 0 Å². The number of rotatable bonds is 10. The van der Waals surface area contributed by atoms with Crippen molar-refractivity contribution in [2.45, 2.75) is 103 Å². The highest BCUT2D eigenvalue weighted by Gasteiger charge is 2.47. The number of phosphoric acid groups is 1. The molecule has 2 N–H and O–H groups in total. The van der Waals surface area contributed by atoms with Crippen molar-refractivity contribution in [3.8, 4) is 0 Å². The Morgan fingerprint density at radius 1 is 1.07 bits per heavy atom. The van der Waals surface area contributed by atoms with Gasteiger partial charge in [-0.25, -0.2) is 4.57 Å². The summed E-state index contributed by atoms with van der Waals surface area (Å²) in [6, 6.07) is 0. The molecule has 10 heteroatoms. The lowest BCUT2D eigenvalue weighted by molar-refractivity contribution is -0.0712. The largest absolute Gasteiger partial charge is 0.472 e. The van der Waals surface area contributed by atoms with Gasteiger partial charge in [-0.3, -0.25) is 9.05 Å². The molecule has 2 heterocycles. The Hall–Kier alpha value is -0.0900. The molecular weight excluding hydrogens is 391 g/mol. The zero-order valence-corrected chi connectivity index (χ0v) is 18.4. The zero-order chi connectivity index (χ0) is 21.1. The number of ether oxygens (including phenoxy) is 4.